The predicted molar refractivity (Wildman–Crippen MR) is 97.1 cm³/mol. The van der Waals surface area contributed by atoms with Crippen LogP contribution in [0.4, 0.5) is 0 Å². The van der Waals surface area contributed by atoms with Gasteiger partial charge in [0.2, 0.25) is 0 Å². The molecule has 0 saturated carbocycles. The molecule has 1 heterocycles. The Balaban J connectivity index is 1.49. The number of amides is 1. The number of fused-ring (bicyclic) bond motifs is 1. The first kappa shape index (κ1) is 16.3. The summed E-state index contributed by atoms with van der Waals surface area (Å²) in [6.07, 6.45) is 2.66. The Kier molecular flexibility index (Phi) is 5.28. The minimum Gasteiger partial charge on any atom is -0.272 e. The molecule has 0 spiro atoms. The standard InChI is InChI=1S/C18H18N4OS/c1-2-13-7-9-14(10-8-13)11-19-22-17(23)12-24-18-20-15-5-3-4-6-16(15)21-18/h3-11H,2,12H2,1H3,(H,20,21)(H,22,23)/p+1. The third-order valence-corrected chi connectivity index (χ3v) is 4.46. The van der Waals surface area contributed by atoms with Crippen molar-refractivity contribution in [2.24, 2.45) is 5.10 Å². The van der Waals surface area contributed by atoms with Gasteiger partial charge in [-0.25, -0.2) is 15.4 Å². The Bertz CT molecular complexity index is 822. The van der Waals surface area contributed by atoms with E-state index < -0.39 is 0 Å². The van der Waals surface area contributed by atoms with Crippen LogP contribution in [-0.4, -0.2) is 22.9 Å². The van der Waals surface area contributed by atoms with Gasteiger partial charge in [0.1, 0.15) is 0 Å². The molecule has 0 aliphatic rings. The van der Waals surface area contributed by atoms with Crippen LogP contribution in [0, 0.1) is 0 Å². The van der Waals surface area contributed by atoms with Gasteiger partial charge < -0.3 is 0 Å². The zero-order chi connectivity index (χ0) is 16.8. The summed E-state index contributed by atoms with van der Waals surface area (Å²) < 4.78 is 0. The van der Waals surface area contributed by atoms with Crippen molar-refractivity contribution in [1.82, 2.24) is 10.4 Å². The number of carbonyl (C=O) groups is 1. The maximum absolute atomic E-state index is 11.8. The highest BCUT2D eigenvalue weighted by Crippen LogP contribution is 2.14. The molecule has 0 bridgehead atoms. The highest BCUT2D eigenvalue weighted by atomic mass is 32.2. The molecule has 3 aromatic rings. The van der Waals surface area contributed by atoms with E-state index in [1.807, 2.05) is 36.4 Å². The monoisotopic (exact) mass is 339 g/mol. The molecule has 1 amide bonds. The minimum absolute atomic E-state index is 0.145. The van der Waals surface area contributed by atoms with Crippen molar-refractivity contribution in [2.75, 3.05) is 5.75 Å². The number of hydrogen-bond acceptors (Lipinski definition) is 3. The Hall–Kier alpha value is -2.60. The van der Waals surface area contributed by atoms with Crippen LogP contribution in [0.3, 0.4) is 0 Å². The van der Waals surface area contributed by atoms with Crippen molar-refractivity contribution in [3.8, 4) is 0 Å². The van der Waals surface area contributed by atoms with E-state index >= 15 is 0 Å². The van der Waals surface area contributed by atoms with E-state index in [0.29, 0.717) is 0 Å². The van der Waals surface area contributed by atoms with E-state index in [0.717, 1.165) is 28.2 Å². The van der Waals surface area contributed by atoms with E-state index in [9.17, 15) is 4.79 Å². The topological polar surface area (TPSA) is 71.4 Å². The van der Waals surface area contributed by atoms with Gasteiger partial charge in [0, 0.05) is 0 Å². The number of imidazole rings is 1. The zero-order valence-corrected chi connectivity index (χ0v) is 14.2. The second kappa shape index (κ2) is 7.79. The van der Waals surface area contributed by atoms with Crippen molar-refractivity contribution in [2.45, 2.75) is 18.5 Å². The van der Waals surface area contributed by atoms with Crippen LogP contribution in [0.5, 0.6) is 0 Å². The molecule has 0 fully saturated rings. The molecule has 0 atom stereocenters. The third-order valence-electron chi connectivity index (χ3n) is 3.56. The minimum atomic E-state index is -0.145. The van der Waals surface area contributed by atoms with Crippen LogP contribution in [0.25, 0.3) is 11.0 Å². The summed E-state index contributed by atoms with van der Waals surface area (Å²) in [4.78, 5) is 18.3. The molecule has 0 aliphatic heterocycles. The summed E-state index contributed by atoms with van der Waals surface area (Å²) in [5.74, 6) is 0.142. The Morgan fingerprint density at radius 3 is 2.79 bits per heavy atom. The lowest BCUT2D eigenvalue weighted by atomic mass is 10.1. The van der Waals surface area contributed by atoms with E-state index in [1.165, 1.54) is 17.3 Å². The number of aromatic amines is 2. The second-order valence-corrected chi connectivity index (χ2v) is 6.29. The molecule has 2 aromatic carbocycles. The average Bonchev–Trinajstić information content (AvgIpc) is 3.03. The van der Waals surface area contributed by atoms with Gasteiger partial charge in [-0.3, -0.25) is 4.79 Å². The number of hydrogen-bond donors (Lipinski definition) is 2. The fraction of sp³-hybridized carbons (Fsp3) is 0.167. The smallest absolute Gasteiger partial charge is 0.272 e. The van der Waals surface area contributed by atoms with Gasteiger partial charge in [0.05, 0.1) is 12.0 Å². The number of nitrogens with one attached hydrogen (secondary N) is 3. The molecule has 5 nitrogen and oxygen atoms in total. The van der Waals surface area contributed by atoms with Crippen molar-refractivity contribution < 1.29 is 9.78 Å². The Labute approximate surface area is 144 Å². The summed E-state index contributed by atoms with van der Waals surface area (Å²) in [5, 5.41) is 4.85. The number of nitrogens with zero attached hydrogens (tertiary/aromatic N) is 1. The fourth-order valence-corrected chi connectivity index (χ4v) is 2.94. The van der Waals surface area contributed by atoms with E-state index in [-0.39, 0.29) is 11.7 Å². The summed E-state index contributed by atoms with van der Waals surface area (Å²) in [5.41, 5.74) is 6.83. The van der Waals surface area contributed by atoms with Crippen LogP contribution in [0.15, 0.2) is 58.8 Å². The van der Waals surface area contributed by atoms with Crippen LogP contribution < -0.4 is 10.4 Å². The summed E-state index contributed by atoms with van der Waals surface area (Å²) in [6, 6.07) is 16.0. The molecule has 3 N–H and O–H groups in total. The quantitative estimate of drug-likeness (QED) is 0.412. The summed E-state index contributed by atoms with van der Waals surface area (Å²) >= 11 is 1.41. The number of hydrazone groups is 1. The van der Waals surface area contributed by atoms with Crippen LogP contribution in [0.1, 0.15) is 18.1 Å². The Morgan fingerprint density at radius 2 is 2.04 bits per heavy atom. The van der Waals surface area contributed by atoms with Gasteiger partial charge in [-0.15, -0.1) is 0 Å². The van der Waals surface area contributed by atoms with Gasteiger partial charge in [-0.2, -0.15) is 5.10 Å². The Morgan fingerprint density at radius 1 is 1.25 bits per heavy atom. The molecule has 0 unspecified atom stereocenters. The maximum Gasteiger partial charge on any atom is 0.315 e. The van der Waals surface area contributed by atoms with Gasteiger partial charge in [-0.1, -0.05) is 43.3 Å². The lowest BCUT2D eigenvalue weighted by molar-refractivity contribution is -0.396. The molecule has 24 heavy (non-hydrogen) atoms. The highest BCUT2D eigenvalue weighted by Gasteiger charge is 2.11. The number of H-pyrrole nitrogens is 2. The van der Waals surface area contributed by atoms with E-state index in [2.05, 4.69) is 39.6 Å². The van der Waals surface area contributed by atoms with Crippen LogP contribution in [0.2, 0.25) is 0 Å². The molecule has 122 valence electrons. The fourth-order valence-electron chi connectivity index (χ4n) is 2.24. The molecular formula is C18H19N4OS+. The predicted octanol–water partition coefficient (Wildman–Crippen LogP) is 2.79. The lowest BCUT2D eigenvalue weighted by Crippen LogP contribution is -2.20. The maximum atomic E-state index is 11.8. The van der Waals surface area contributed by atoms with Crippen LogP contribution >= 0.6 is 11.8 Å². The largest absolute Gasteiger partial charge is 0.315 e. The van der Waals surface area contributed by atoms with Crippen molar-refractivity contribution in [3.05, 3.63) is 59.7 Å². The molecule has 0 radical (unpaired) electrons. The normalized spacial score (nSPS) is 11.2. The average molecular weight is 339 g/mol. The highest BCUT2D eigenvalue weighted by molar-refractivity contribution is 7.99. The first-order chi connectivity index (χ1) is 11.7. The number of thioether (sulfide) groups is 1. The number of para-hydroxylation sites is 2. The number of carbonyl (C=O) groups excluding carboxylic acids is 1. The first-order valence-electron chi connectivity index (χ1n) is 7.78. The van der Waals surface area contributed by atoms with E-state index in [1.54, 1.807) is 6.21 Å². The molecule has 1 aromatic heterocycles. The van der Waals surface area contributed by atoms with Crippen molar-refractivity contribution >= 4 is 34.9 Å². The SMILES string of the molecule is CCc1ccc(C=NNC(=O)CSc2[nH]c3ccccc3[nH+]2)cc1. The van der Waals surface area contributed by atoms with Crippen molar-refractivity contribution in [1.29, 1.82) is 0 Å². The van der Waals surface area contributed by atoms with Crippen LogP contribution in [-0.2, 0) is 11.2 Å². The molecule has 0 aliphatic carbocycles. The summed E-state index contributed by atoms with van der Waals surface area (Å²) in [6.45, 7) is 2.12. The summed E-state index contributed by atoms with van der Waals surface area (Å²) in [7, 11) is 0. The van der Waals surface area contributed by atoms with Gasteiger partial charge in [0.25, 0.3) is 5.91 Å². The molecule has 0 saturated heterocycles. The third kappa shape index (κ3) is 4.23. The van der Waals surface area contributed by atoms with Crippen molar-refractivity contribution in [3.63, 3.8) is 0 Å². The van der Waals surface area contributed by atoms with E-state index in [4.69, 9.17) is 0 Å². The number of aromatic nitrogens is 2. The molecular weight excluding hydrogens is 320 g/mol. The lowest BCUT2D eigenvalue weighted by Gasteiger charge is -1.98. The molecule has 6 heteroatoms. The van der Waals surface area contributed by atoms with Gasteiger partial charge in [-0.05, 0) is 41.4 Å². The molecule has 3 rings (SSSR count). The van der Waals surface area contributed by atoms with Gasteiger partial charge in [0.15, 0.2) is 11.0 Å². The number of benzene rings is 2. The van der Waals surface area contributed by atoms with Gasteiger partial charge >= 0.3 is 5.16 Å². The zero-order valence-electron chi connectivity index (χ0n) is 13.4. The second-order valence-electron chi connectivity index (χ2n) is 5.30. The first-order valence-corrected chi connectivity index (χ1v) is 8.77. The number of aryl methyl sites for hydroxylation is 1. The number of rotatable bonds is 6.